The van der Waals surface area contributed by atoms with Gasteiger partial charge in [-0.25, -0.2) is 0 Å². The average molecular weight is 412 g/mol. The number of hydrogen-bond donors (Lipinski definition) is 1. The highest BCUT2D eigenvalue weighted by molar-refractivity contribution is 9.10. The van der Waals surface area contributed by atoms with E-state index in [9.17, 15) is 9.59 Å². The Kier molecular flexibility index (Phi) is 4.59. The summed E-state index contributed by atoms with van der Waals surface area (Å²) in [5, 5.41) is 4.48. The van der Waals surface area contributed by atoms with Crippen molar-refractivity contribution in [2.45, 2.75) is 31.7 Å². The molecule has 1 saturated carbocycles. The Morgan fingerprint density at radius 2 is 1.50 bits per heavy atom. The third-order valence-corrected chi connectivity index (χ3v) is 5.44. The topological polar surface area (TPSA) is 61.8 Å². The molecule has 0 spiro atoms. The molecule has 1 aliphatic heterocycles. The average Bonchev–Trinajstić information content (AvgIpc) is 2.93. The standard InChI is InChI=1S/C20H18BrN3O2/c21-13-5-7-14(8-6-13)22-23-15-9-11-16(12-10-15)24-19(25)17-3-1-2-4-18(17)20(24)26/h1-8,16,22H,9-12H2. The summed E-state index contributed by atoms with van der Waals surface area (Å²) in [6.45, 7) is 0. The summed E-state index contributed by atoms with van der Waals surface area (Å²) in [5.74, 6) is -0.326. The number of imide groups is 1. The van der Waals surface area contributed by atoms with Crippen molar-refractivity contribution in [3.63, 3.8) is 0 Å². The molecule has 5 nitrogen and oxygen atoms in total. The van der Waals surface area contributed by atoms with Crippen LogP contribution in [0.1, 0.15) is 46.4 Å². The van der Waals surface area contributed by atoms with Crippen molar-refractivity contribution >= 4 is 39.1 Å². The largest absolute Gasteiger partial charge is 0.279 e. The van der Waals surface area contributed by atoms with Gasteiger partial charge < -0.3 is 0 Å². The normalized spacial score (nSPS) is 19.5. The molecule has 6 heteroatoms. The van der Waals surface area contributed by atoms with Gasteiger partial charge in [0, 0.05) is 16.2 Å². The predicted molar refractivity (Wildman–Crippen MR) is 104 cm³/mol. The fourth-order valence-electron chi connectivity index (χ4n) is 3.51. The molecular formula is C20H18BrN3O2. The molecule has 4 rings (SSSR count). The van der Waals surface area contributed by atoms with Crippen molar-refractivity contribution in [2.75, 3.05) is 5.43 Å². The molecule has 0 bridgehead atoms. The van der Waals surface area contributed by atoms with Gasteiger partial charge in [-0.3, -0.25) is 19.9 Å². The molecule has 2 amide bonds. The summed E-state index contributed by atoms with van der Waals surface area (Å²) in [6, 6.07) is 14.8. The molecule has 26 heavy (non-hydrogen) atoms. The summed E-state index contributed by atoms with van der Waals surface area (Å²) in [4.78, 5) is 26.6. The number of nitrogens with one attached hydrogen (secondary N) is 1. The number of hydrogen-bond acceptors (Lipinski definition) is 4. The van der Waals surface area contributed by atoms with Crippen LogP contribution in [0.15, 0.2) is 58.1 Å². The first-order valence-electron chi connectivity index (χ1n) is 8.67. The van der Waals surface area contributed by atoms with E-state index in [4.69, 9.17) is 0 Å². The minimum atomic E-state index is -0.163. The summed E-state index contributed by atoms with van der Waals surface area (Å²) < 4.78 is 1.03. The second-order valence-electron chi connectivity index (χ2n) is 6.55. The van der Waals surface area contributed by atoms with E-state index in [0.29, 0.717) is 11.1 Å². The second kappa shape index (κ2) is 7.03. The quantitative estimate of drug-likeness (QED) is 0.598. The third kappa shape index (κ3) is 3.17. The maximum absolute atomic E-state index is 12.6. The number of carbonyl (C=O) groups excluding carboxylic acids is 2. The molecule has 1 heterocycles. The van der Waals surface area contributed by atoms with Crippen LogP contribution in [-0.4, -0.2) is 28.5 Å². The van der Waals surface area contributed by atoms with Crippen LogP contribution in [0.5, 0.6) is 0 Å². The number of nitrogens with zero attached hydrogens (tertiary/aromatic N) is 2. The first kappa shape index (κ1) is 17.0. The summed E-state index contributed by atoms with van der Waals surface area (Å²) in [7, 11) is 0. The SMILES string of the molecule is O=C1c2ccccc2C(=O)N1C1CCC(=NNc2ccc(Br)cc2)CC1. The summed E-state index contributed by atoms with van der Waals surface area (Å²) >= 11 is 3.41. The smallest absolute Gasteiger partial charge is 0.261 e. The molecule has 0 aromatic heterocycles. The fraction of sp³-hybridized carbons (Fsp3) is 0.250. The van der Waals surface area contributed by atoms with Crippen molar-refractivity contribution in [3.8, 4) is 0 Å². The van der Waals surface area contributed by atoms with E-state index < -0.39 is 0 Å². The Morgan fingerprint density at radius 1 is 0.923 bits per heavy atom. The fourth-order valence-corrected chi connectivity index (χ4v) is 3.78. The van der Waals surface area contributed by atoms with Crippen LogP contribution in [-0.2, 0) is 0 Å². The molecule has 1 fully saturated rings. The zero-order valence-corrected chi connectivity index (χ0v) is 15.7. The van der Waals surface area contributed by atoms with E-state index in [2.05, 4.69) is 26.5 Å². The maximum Gasteiger partial charge on any atom is 0.261 e. The molecule has 1 aliphatic carbocycles. The Labute approximate surface area is 160 Å². The lowest BCUT2D eigenvalue weighted by molar-refractivity contribution is 0.0565. The Bertz CT molecular complexity index is 847. The monoisotopic (exact) mass is 411 g/mol. The van der Waals surface area contributed by atoms with Crippen LogP contribution in [0, 0.1) is 0 Å². The van der Waals surface area contributed by atoms with Gasteiger partial charge in [0.1, 0.15) is 0 Å². The first-order chi connectivity index (χ1) is 12.6. The lowest BCUT2D eigenvalue weighted by atomic mass is 9.92. The minimum Gasteiger partial charge on any atom is -0.279 e. The van der Waals surface area contributed by atoms with Gasteiger partial charge in [0.25, 0.3) is 11.8 Å². The van der Waals surface area contributed by atoms with Crippen molar-refractivity contribution in [3.05, 3.63) is 64.1 Å². The van der Waals surface area contributed by atoms with Crippen molar-refractivity contribution in [1.29, 1.82) is 0 Å². The molecule has 2 aromatic carbocycles. The Morgan fingerprint density at radius 3 is 2.08 bits per heavy atom. The van der Waals surface area contributed by atoms with Crippen molar-refractivity contribution < 1.29 is 9.59 Å². The van der Waals surface area contributed by atoms with Crippen LogP contribution in [0.3, 0.4) is 0 Å². The number of rotatable bonds is 3. The highest BCUT2D eigenvalue weighted by atomic mass is 79.9. The molecule has 1 N–H and O–H groups in total. The first-order valence-corrected chi connectivity index (χ1v) is 9.47. The lowest BCUT2D eigenvalue weighted by Crippen LogP contribution is -2.42. The second-order valence-corrected chi connectivity index (χ2v) is 7.47. The third-order valence-electron chi connectivity index (χ3n) is 4.91. The zero-order valence-electron chi connectivity index (χ0n) is 14.1. The number of amides is 2. The number of benzene rings is 2. The summed E-state index contributed by atoms with van der Waals surface area (Å²) in [5.41, 5.74) is 6.13. The minimum absolute atomic E-state index is 0.0472. The van der Waals surface area contributed by atoms with Gasteiger partial charge in [-0.15, -0.1) is 0 Å². The van der Waals surface area contributed by atoms with E-state index >= 15 is 0 Å². The number of carbonyl (C=O) groups is 2. The van der Waals surface area contributed by atoms with E-state index in [1.54, 1.807) is 24.3 Å². The van der Waals surface area contributed by atoms with E-state index in [1.807, 2.05) is 24.3 Å². The van der Waals surface area contributed by atoms with Gasteiger partial charge in [0.2, 0.25) is 0 Å². The van der Waals surface area contributed by atoms with Crippen LogP contribution in [0.25, 0.3) is 0 Å². The highest BCUT2D eigenvalue weighted by Gasteiger charge is 2.40. The van der Waals surface area contributed by atoms with E-state index in [1.165, 1.54) is 4.90 Å². The molecule has 2 aromatic rings. The lowest BCUT2D eigenvalue weighted by Gasteiger charge is -2.30. The Hall–Kier alpha value is -2.47. The maximum atomic E-state index is 12.6. The number of hydrazone groups is 1. The number of halogens is 1. The zero-order chi connectivity index (χ0) is 18.1. The molecule has 132 valence electrons. The highest BCUT2D eigenvalue weighted by Crippen LogP contribution is 2.30. The summed E-state index contributed by atoms with van der Waals surface area (Å²) in [6.07, 6.45) is 3.07. The Balaban J connectivity index is 1.40. The molecule has 0 atom stereocenters. The van der Waals surface area contributed by atoms with Crippen molar-refractivity contribution in [1.82, 2.24) is 4.90 Å². The molecular weight excluding hydrogens is 394 g/mol. The van der Waals surface area contributed by atoms with Crippen molar-refractivity contribution in [2.24, 2.45) is 5.10 Å². The molecule has 2 aliphatic rings. The van der Waals surface area contributed by atoms with Crippen LogP contribution >= 0.6 is 15.9 Å². The van der Waals surface area contributed by atoms with Crippen LogP contribution in [0.2, 0.25) is 0 Å². The molecule has 0 radical (unpaired) electrons. The number of fused-ring (bicyclic) bond motifs is 1. The van der Waals surface area contributed by atoms with Gasteiger partial charge in [-0.2, -0.15) is 5.10 Å². The van der Waals surface area contributed by atoms with Gasteiger partial charge in [-0.1, -0.05) is 28.1 Å². The van der Waals surface area contributed by atoms with Gasteiger partial charge in [-0.05, 0) is 62.1 Å². The van der Waals surface area contributed by atoms with Crippen LogP contribution < -0.4 is 5.43 Å². The van der Waals surface area contributed by atoms with Gasteiger partial charge >= 0.3 is 0 Å². The van der Waals surface area contributed by atoms with E-state index in [0.717, 1.165) is 41.6 Å². The van der Waals surface area contributed by atoms with Gasteiger partial charge in [0.05, 0.1) is 16.8 Å². The van der Waals surface area contributed by atoms with E-state index in [-0.39, 0.29) is 17.9 Å². The molecule has 0 saturated heterocycles. The van der Waals surface area contributed by atoms with Gasteiger partial charge in [0.15, 0.2) is 0 Å². The van der Waals surface area contributed by atoms with Crippen LogP contribution in [0.4, 0.5) is 5.69 Å². The predicted octanol–water partition coefficient (Wildman–Crippen LogP) is 4.46. The number of anilines is 1. The molecule has 0 unspecified atom stereocenters.